The summed E-state index contributed by atoms with van der Waals surface area (Å²) in [6.45, 7) is 1.71. The molecule has 0 aromatic carbocycles. The van der Waals surface area contributed by atoms with Crippen LogP contribution in [0.4, 0.5) is 0 Å². The average molecular weight is 239 g/mol. The second-order valence-corrected chi connectivity index (χ2v) is 3.76. The van der Waals surface area contributed by atoms with Crippen molar-refractivity contribution < 1.29 is 19.4 Å². The third-order valence-electron chi connectivity index (χ3n) is 1.27. The van der Waals surface area contributed by atoms with Gasteiger partial charge in [0, 0.05) is 4.83 Å². The number of alkyl halides is 1. The molecule has 0 aromatic rings. The second kappa shape index (κ2) is 6.14. The number of aliphatic carboxylic acids is 1. The molecule has 0 spiro atoms. The zero-order chi connectivity index (χ0) is 9.56. The van der Waals surface area contributed by atoms with E-state index < -0.39 is 12.1 Å². The topological polar surface area (TPSA) is 63.6 Å². The van der Waals surface area contributed by atoms with E-state index in [1.165, 1.54) is 0 Å². The Balaban J connectivity index is 3.85. The van der Waals surface area contributed by atoms with E-state index in [0.29, 0.717) is 6.29 Å². The molecular formula is C7H11BrO4. The maximum absolute atomic E-state index is 10.3. The van der Waals surface area contributed by atoms with Crippen LogP contribution >= 0.6 is 15.9 Å². The predicted octanol–water partition coefficient (Wildman–Crippen LogP) is 0.829. The first-order chi connectivity index (χ1) is 5.57. The van der Waals surface area contributed by atoms with Gasteiger partial charge in [-0.15, -0.1) is 0 Å². The Hall–Kier alpha value is -0.420. The van der Waals surface area contributed by atoms with Crippen LogP contribution in [0, 0.1) is 0 Å². The lowest BCUT2D eigenvalue weighted by molar-refractivity contribution is -0.140. The van der Waals surface area contributed by atoms with Crippen LogP contribution in [0.3, 0.4) is 0 Å². The highest BCUT2D eigenvalue weighted by Crippen LogP contribution is 2.11. The lowest BCUT2D eigenvalue weighted by Gasteiger charge is -2.16. The van der Waals surface area contributed by atoms with E-state index in [1.54, 1.807) is 6.92 Å². The molecule has 12 heavy (non-hydrogen) atoms. The van der Waals surface area contributed by atoms with Gasteiger partial charge < -0.3 is 14.6 Å². The largest absolute Gasteiger partial charge is 0.481 e. The number of hydrogen-bond donors (Lipinski definition) is 1. The van der Waals surface area contributed by atoms with Gasteiger partial charge in [0.25, 0.3) is 0 Å². The van der Waals surface area contributed by atoms with Gasteiger partial charge in [-0.2, -0.15) is 0 Å². The van der Waals surface area contributed by atoms with Crippen molar-refractivity contribution in [3.63, 3.8) is 0 Å². The van der Waals surface area contributed by atoms with Gasteiger partial charge in [0.15, 0.2) is 0 Å². The monoisotopic (exact) mass is 238 g/mol. The minimum Gasteiger partial charge on any atom is -0.481 e. The highest BCUT2D eigenvalue weighted by atomic mass is 79.9. The number of aldehydes is 1. The van der Waals surface area contributed by atoms with Crippen molar-refractivity contribution in [3.05, 3.63) is 0 Å². The Morgan fingerprint density at radius 1 is 1.75 bits per heavy atom. The molecule has 0 aliphatic heterocycles. The van der Waals surface area contributed by atoms with Crippen molar-refractivity contribution in [2.24, 2.45) is 0 Å². The zero-order valence-electron chi connectivity index (χ0n) is 6.70. The summed E-state index contributed by atoms with van der Waals surface area (Å²) in [5.41, 5.74) is 0. The quantitative estimate of drug-likeness (QED) is 0.550. The smallest absolute Gasteiger partial charge is 0.306 e. The summed E-state index contributed by atoms with van der Waals surface area (Å²) in [5, 5.41) is 8.44. The molecule has 0 aliphatic carbocycles. The van der Waals surface area contributed by atoms with Crippen LogP contribution in [0.1, 0.15) is 13.3 Å². The minimum absolute atomic E-state index is 0.0616. The molecule has 70 valence electrons. The average Bonchev–Trinajstić information content (AvgIpc) is 1.96. The van der Waals surface area contributed by atoms with E-state index in [4.69, 9.17) is 9.84 Å². The fraction of sp³-hybridized carbons (Fsp3) is 0.714. The van der Waals surface area contributed by atoms with Crippen LogP contribution in [0.15, 0.2) is 0 Å². The number of rotatable bonds is 6. The summed E-state index contributed by atoms with van der Waals surface area (Å²) >= 11 is 3.20. The summed E-state index contributed by atoms with van der Waals surface area (Å²) in [4.78, 5) is 20.1. The highest BCUT2D eigenvalue weighted by molar-refractivity contribution is 9.09. The molecule has 0 aliphatic rings. The molecule has 5 heteroatoms. The van der Waals surface area contributed by atoms with Crippen LogP contribution in [0.2, 0.25) is 0 Å². The van der Waals surface area contributed by atoms with Gasteiger partial charge in [-0.1, -0.05) is 22.9 Å². The third-order valence-corrected chi connectivity index (χ3v) is 1.86. The zero-order valence-corrected chi connectivity index (χ0v) is 8.28. The lowest BCUT2D eigenvalue weighted by Crippen LogP contribution is -2.26. The molecule has 0 aromatic heterocycles. The molecule has 0 bridgehead atoms. The van der Waals surface area contributed by atoms with E-state index >= 15 is 0 Å². The van der Waals surface area contributed by atoms with Crippen molar-refractivity contribution in [2.45, 2.75) is 24.3 Å². The molecule has 0 rings (SSSR count). The van der Waals surface area contributed by atoms with Crippen LogP contribution in [-0.2, 0) is 14.3 Å². The number of carboxylic acid groups (broad SMARTS) is 1. The number of halogens is 1. The summed E-state index contributed by atoms with van der Waals surface area (Å²) < 4.78 is 4.97. The van der Waals surface area contributed by atoms with E-state index in [1.807, 2.05) is 0 Å². The molecule has 0 radical (unpaired) electrons. The molecule has 2 atom stereocenters. The number of ether oxygens (including phenoxy) is 1. The molecule has 4 nitrogen and oxygen atoms in total. The summed E-state index contributed by atoms with van der Waals surface area (Å²) in [6.07, 6.45) is 0.0532. The van der Waals surface area contributed by atoms with Crippen LogP contribution in [0.25, 0.3) is 0 Å². The first-order valence-corrected chi connectivity index (χ1v) is 4.40. The first-order valence-electron chi connectivity index (χ1n) is 3.49. The van der Waals surface area contributed by atoms with Crippen molar-refractivity contribution in [2.75, 3.05) is 6.61 Å². The van der Waals surface area contributed by atoms with E-state index in [2.05, 4.69) is 15.9 Å². The number of carbonyl (C=O) groups is 2. The maximum Gasteiger partial charge on any atom is 0.306 e. The minimum atomic E-state index is -0.933. The Labute approximate surface area is 79.0 Å². The Morgan fingerprint density at radius 3 is 2.67 bits per heavy atom. The second-order valence-electron chi connectivity index (χ2n) is 2.31. The third kappa shape index (κ3) is 5.26. The lowest BCUT2D eigenvalue weighted by atomic mass is 10.2. The van der Waals surface area contributed by atoms with Gasteiger partial charge >= 0.3 is 5.97 Å². The molecule has 0 amide bonds. The van der Waals surface area contributed by atoms with Crippen molar-refractivity contribution >= 4 is 28.2 Å². The van der Waals surface area contributed by atoms with E-state index in [-0.39, 0.29) is 17.9 Å². The van der Waals surface area contributed by atoms with Crippen LogP contribution < -0.4 is 0 Å². The molecule has 1 N–H and O–H groups in total. The first kappa shape index (κ1) is 11.6. The standard InChI is InChI=1S/C7H11BrO4/c1-5(8)6(4-7(10)11)12-3-2-9/h2,5-6H,3-4H2,1H3,(H,10,11). The van der Waals surface area contributed by atoms with Gasteiger partial charge in [-0.3, -0.25) is 4.79 Å². The van der Waals surface area contributed by atoms with Gasteiger partial charge in [-0.25, -0.2) is 0 Å². The molecule has 0 fully saturated rings. The van der Waals surface area contributed by atoms with Crippen LogP contribution in [-0.4, -0.2) is 34.9 Å². The SMILES string of the molecule is CC(Br)C(CC(=O)O)OCC=O. The van der Waals surface area contributed by atoms with Crippen molar-refractivity contribution in [1.82, 2.24) is 0 Å². The van der Waals surface area contributed by atoms with E-state index in [0.717, 1.165) is 0 Å². The van der Waals surface area contributed by atoms with Crippen LogP contribution in [0.5, 0.6) is 0 Å². The summed E-state index contributed by atoms with van der Waals surface area (Å²) in [7, 11) is 0. The number of carbonyl (C=O) groups excluding carboxylic acids is 1. The fourth-order valence-electron chi connectivity index (χ4n) is 0.689. The predicted molar refractivity (Wildman–Crippen MR) is 46.4 cm³/mol. The summed E-state index contributed by atoms with van der Waals surface area (Å²) in [6, 6.07) is 0. The Morgan fingerprint density at radius 2 is 2.33 bits per heavy atom. The highest BCUT2D eigenvalue weighted by Gasteiger charge is 2.18. The molecule has 0 saturated heterocycles. The van der Waals surface area contributed by atoms with Crippen molar-refractivity contribution in [3.8, 4) is 0 Å². The van der Waals surface area contributed by atoms with Gasteiger partial charge in [0.1, 0.15) is 12.9 Å². The van der Waals surface area contributed by atoms with Crippen molar-refractivity contribution in [1.29, 1.82) is 0 Å². The normalized spacial score (nSPS) is 15.2. The van der Waals surface area contributed by atoms with Gasteiger partial charge in [0.2, 0.25) is 0 Å². The van der Waals surface area contributed by atoms with Gasteiger partial charge in [0.05, 0.1) is 12.5 Å². The molecule has 2 unspecified atom stereocenters. The molecular weight excluding hydrogens is 228 g/mol. The number of hydrogen-bond acceptors (Lipinski definition) is 3. The fourth-order valence-corrected chi connectivity index (χ4v) is 1.03. The maximum atomic E-state index is 10.3. The van der Waals surface area contributed by atoms with Gasteiger partial charge in [-0.05, 0) is 0 Å². The number of carboxylic acids is 1. The Bertz CT molecular complexity index is 157. The van der Waals surface area contributed by atoms with E-state index in [9.17, 15) is 9.59 Å². The summed E-state index contributed by atoms with van der Waals surface area (Å²) in [5.74, 6) is -0.933. The Kier molecular flexibility index (Phi) is 5.92. The molecule has 0 heterocycles. The molecule has 0 saturated carbocycles.